The van der Waals surface area contributed by atoms with Crippen molar-refractivity contribution < 1.29 is 13.9 Å². The third-order valence-electron chi connectivity index (χ3n) is 3.07. The Hall–Kier alpha value is -2.03. The van der Waals surface area contributed by atoms with E-state index in [9.17, 15) is 4.39 Å². The first-order valence-electron chi connectivity index (χ1n) is 6.52. The van der Waals surface area contributed by atoms with Gasteiger partial charge in [0.25, 0.3) is 0 Å². The molecule has 0 N–H and O–H groups in total. The maximum Gasteiger partial charge on any atom is 0.166 e. The molecule has 2 aromatic carbocycles. The van der Waals surface area contributed by atoms with Crippen LogP contribution in [0.5, 0.6) is 17.2 Å². The van der Waals surface area contributed by atoms with Crippen molar-refractivity contribution in [2.45, 2.75) is 26.2 Å². The number of ether oxygens (including phenoxy) is 2. The molecule has 2 rings (SSSR count). The molecular weight excluding hydrogens is 255 g/mol. The van der Waals surface area contributed by atoms with Crippen molar-refractivity contribution in [3.05, 3.63) is 53.8 Å². The Balaban J connectivity index is 2.25. The van der Waals surface area contributed by atoms with Gasteiger partial charge in [-0.1, -0.05) is 32.9 Å². The van der Waals surface area contributed by atoms with Crippen LogP contribution in [0.2, 0.25) is 0 Å². The lowest BCUT2D eigenvalue weighted by molar-refractivity contribution is 0.405. The standard InChI is InChI=1S/C17H19FO2/c1-17(2,3)12-8-9-16(15(18)10-12)20-14-7-5-6-13(11-14)19-4/h5-11H,1-4H3. The van der Waals surface area contributed by atoms with Crippen molar-refractivity contribution in [3.63, 3.8) is 0 Å². The highest BCUT2D eigenvalue weighted by Gasteiger charge is 2.16. The highest BCUT2D eigenvalue weighted by atomic mass is 19.1. The fourth-order valence-corrected chi connectivity index (χ4v) is 1.84. The van der Waals surface area contributed by atoms with Gasteiger partial charge in [0, 0.05) is 6.07 Å². The first-order chi connectivity index (χ1) is 9.40. The quantitative estimate of drug-likeness (QED) is 0.790. The summed E-state index contributed by atoms with van der Waals surface area (Å²) in [6.45, 7) is 6.14. The molecule has 2 aromatic rings. The molecule has 0 aliphatic heterocycles. The van der Waals surface area contributed by atoms with Crippen LogP contribution in [0, 0.1) is 5.82 Å². The van der Waals surface area contributed by atoms with Crippen molar-refractivity contribution in [3.8, 4) is 17.2 Å². The van der Waals surface area contributed by atoms with Gasteiger partial charge in [-0.25, -0.2) is 4.39 Å². The van der Waals surface area contributed by atoms with Gasteiger partial charge < -0.3 is 9.47 Å². The average Bonchev–Trinajstić information content (AvgIpc) is 2.40. The zero-order chi connectivity index (χ0) is 14.8. The lowest BCUT2D eigenvalue weighted by Gasteiger charge is -2.19. The van der Waals surface area contributed by atoms with Crippen LogP contribution >= 0.6 is 0 Å². The third-order valence-corrected chi connectivity index (χ3v) is 3.07. The van der Waals surface area contributed by atoms with Gasteiger partial charge in [0.2, 0.25) is 0 Å². The SMILES string of the molecule is COc1cccc(Oc2ccc(C(C)(C)C)cc2F)c1. The van der Waals surface area contributed by atoms with Crippen LogP contribution in [0.15, 0.2) is 42.5 Å². The minimum absolute atomic E-state index is 0.0880. The summed E-state index contributed by atoms with van der Waals surface area (Å²) in [5, 5.41) is 0. The highest BCUT2D eigenvalue weighted by Crippen LogP contribution is 2.30. The molecule has 0 bridgehead atoms. The van der Waals surface area contributed by atoms with Crippen LogP contribution in [0.25, 0.3) is 0 Å². The van der Waals surface area contributed by atoms with E-state index in [4.69, 9.17) is 9.47 Å². The van der Waals surface area contributed by atoms with Crippen molar-refractivity contribution in [1.29, 1.82) is 0 Å². The molecule has 0 saturated heterocycles. The second-order valence-electron chi connectivity index (χ2n) is 5.68. The van der Waals surface area contributed by atoms with Gasteiger partial charge in [-0.15, -0.1) is 0 Å². The molecule has 0 radical (unpaired) electrons. The zero-order valence-electron chi connectivity index (χ0n) is 12.2. The van der Waals surface area contributed by atoms with E-state index in [1.165, 1.54) is 6.07 Å². The normalized spacial score (nSPS) is 11.2. The summed E-state index contributed by atoms with van der Waals surface area (Å²) in [6.07, 6.45) is 0. The molecule has 2 nitrogen and oxygen atoms in total. The minimum Gasteiger partial charge on any atom is -0.497 e. The van der Waals surface area contributed by atoms with Gasteiger partial charge in [-0.2, -0.15) is 0 Å². The number of rotatable bonds is 3. The molecule has 0 unspecified atom stereocenters. The molecule has 0 spiro atoms. The highest BCUT2D eigenvalue weighted by molar-refractivity contribution is 5.39. The van der Waals surface area contributed by atoms with Crippen LogP contribution in [-0.2, 0) is 5.41 Å². The molecule has 0 amide bonds. The summed E-state index contributed by atoms with van der Waals surface area (Å²) >= 11 is 0. The molecule has 0 atom stereocenters. The van der Waals surface area contributed by atoms with Gasteiger partial charge in [-0.05, 0) is 35.2 Å². The molecule has 0 fully saturated rings. The number of benzene rings is 2. The lowest BCUT2D eigenvalue weighted by atomic mass is 9.87. The number of halogens is 1. The monoisotopic (exact) mass is 274 g/mol. The molecule has 0 aromatic heterocycles. The first-order valence-corrected chi connectivity index (χ1v) is 6.52. The van der Waals surface area contributed by atoms with Crippen molar-refractivity contribution in [2.75, 3.05) is 7.11 Å². The van der Waals surface area contributed by atoms with E-state index in [0.717, 1.165) is 5.56 Å². The molecule has 0 aliphatic rings. The van der Waals surface area contributed by atoms with E-state index in [2.05, 4.69) is 0 Å². The fraction of sp³-hybridized carbons (Fsp3) is 0.294. The molecule has 3 heteroatoms. The first kappa shape index (κ1) is 14.4. The van der Waals surface area contributed by atoms with E-state index in [1.807, 2.05) is 32.9 Å². The Bertz CT molecular complexity index is 600. The van der Waals surface area contributed by atoms with Crippen molar-refractivity contribution in [2.24, 2.45) is 0 Å². The number of hydrogen-bond acceptors (Lipinski definition) is 2. The van der Waals surface area contributed by atoms with Crippen LogP contribution < -0.4 is 9.47 Å². The smallest absolute Gasteiger partial charge is 0.166 e. The molecule has 20 heavy (non-hydrogen) atoms. The molecule has 0 heterocycles. The predicted molar refractivity (Wildman–Crippen MR) is 78.2 cm³/mol. The van der Waals surface area contributed by atoms with Crippen LogP contribution in [0.1, 0.15) is 26.3 Å². The minimum atomic E-state index is -0.361. The number of methoxy groups -OCH3 is 1. The van der Waals surface area contributed by atoms with Gasteiger partial charge in [0.1, 0.15) is 11.5 Å². The summed E-state index contributed by atoms with van der Waals surface area (Å²) in [6, 6.07) is 12.2. The Morgan fingerprint density at radius 2 is 1.65 bits per heavy atom. The van der Waals surface area contributed by atoms with Crippen LogP contribution in [0.4, 0.5) is 4.39 Å². The van der Waals surface area contributed by atoms with E-state index < -0.39 is 0 Å². The Morgan fingerprint density at radius 1 is 0.950 bits per heavy atom. The summed E-state index contributed by atoms with van der Waals surface area (Å²) in [7, 11) is 1.58. The zero-order valence-corrected chi connectivity index (χ0v) is 12.2. The maximum absolute atomic E-state index is 14.1. The third kappa shape index (κ3) is 3.29. The average molecular weight is 274 g/mol. The second kappa shape index (κ2) is 5.53. The van der Waals surface area contributed by atoms with E-state index in [1.54, 1.807) is 31.4 Å². The van der Waals surface area contributed by atoms with Gasteiger partial charge >= 0.3 is 0 Å². The molecule has 0 saturated carbocycles. The van der Waals surface area contributed by atoms with E-state index in [0.29, 0.717) is 11.5 Å². The van der Waals surface area contributed by atoms with Crippen molar-refractivity contribution >= 4 is 0 Å². The van der Waals surface area contributed by atoms with Gasteiger partial charge in [-0.3, -0.25) is 0 Å². The molecule has 106 valence electrons. The summed E-state index contributed by atoms with van der Waals surface area (Å²) < 4.78 is 24.8. The van der Waals surface area contributed by atoms with Crippen LogP contribution in [0.3, 0.4) is 0 Å². The number of hydrogen-bond donors (Lipinski definition) is 0. The Morgan fingerprint density at radius 3 is 2.25 bits per heavy atom. The summed E-state index contributed by atoms with van der Waals surface area (Å²) in [4.78, 5) is 0. The Labute approximate surface area is 119 Å². The second-order valence-corrected chi connectivity index (χ2v) is 5.68. The van der Waals surface area contributed by atoms with Crippen LogP contribution in [-0.4, -0.2) is 7.11 Å². The van der Waals surface area contributed by atoms with E-state index in [-0.39, 0.29) is 17.0 Å². The predicted octanol–water partition coefficient (Wildman–Crippen LogP) is 4.92. The summed E-state index contributed by atoms with van der Waals surface area (Å²) in [5.41, 5.74) is 0.850. The summed E-state index contributed by atoms with van der Waals surface area (Å²) in [5.74, 6) is 1.08. The maximum atomic E-state index is 14.1. The fourth-order valence-electron chi connectivity index (χ4n) is 1.84. The largest absolute Gasteiger partial charge is 0.497 e. The Kier molecular flexibility index (Phi) is 3.98. The van der Waals surface area contributed by atoms with E-state index >= 15 is 0 Å². The topological polar surface area (TPSA) is 18.5 Å². The van der Waals surface area contributed by atoms with Gasteiger partial charge in [0.15, 0.2) is 11.6 Å². The molecular formula is C17H19FO2. The lowest BCUT2D eigenvalue weighted by Crippen LogP contribution is -2.11. The van der Waals surface area contributed by atoms with Crippen molar-refractivity contribution in [1.82, 2.24) is 0 Å². The molecule has 0 aliphatic carbocycles. The van der Waals surface area contributed by atoms with Gasteiger partial charge in [0.05, 0.1) is 7.11 Å².